The van der Waals surface area contributed by atoms with Gasteiger partial charge in [0, 0.05) is 27.0 Å². The van der Waals surface area contributed by atoms with Crippen LogP contribution in [0.3, 0.4) is 0 Å². The van der Waals surface area contributed by atoms with Crippen LogP contribution in [-0.2, 0) is 14.0 Å². The average molecular weight is 217 g/mol. The first-order chi connectivity index (χ1) is 6.68. The zero-order valence-electron chi connectivity index (χ0n) is 8.97. The second kappa shape index (κ2) is 9.05. The van der Waals surface area contributed by atoms with Crippen molar-refractivity contribution in [1.82, 2.24) is 5.32 Å². The van der Waals surface area contributed by atoms with E-state index in [4.69, 9.17) is 4.43 Å². The Morgan fingerprint density at radius 1 is 1.36 bits per heavy atom. The topological polar surface area (TPSA) is 55.4 Å². The van der Waals surface area contributed by atoms with Gasteiger partial charge in [-0.25, -0.2) is 0 Å². The highest BCUT2D eigenvalue weighted by Crippen LogP contribution is 1.87. The molecule has 5 heteroatoms. The van der Waals surface area contributed by atoms with Crippen LogP contribution in [0.2, 0.25) is 6.04 Å². The minimum atomic E-state index is -0.349. The molecule has 0 heterocycles. The van der Waals surface area contributed by atoms with Crippen LogP contribution in [0.1, 0.15) is 19.8 Å². The Kier molecular flexibility index (Phi) is 8.71. The fourth-order valence-corrected chi connectivity index (χ4v) is 1.74. The predicted molar refractivity (Wildman–Crippen MR) is 58.2 cm³/mol. The summed E-state index contributed by atoms with van der Waals surface area (Å²) in [6, 6.07) is 1.16. The Morgan fingerprint density at radius 2 is 2.07 bits per heavy atom. The van der Waals surface area contributed by atoms with Crippen molar-refractivity contribution in [1.29, 1.82) is 0 Å². The molecule has 0 aliphatic carbocycles. The van der Waals surface area contributed by atoms with Crippen molar-refractivity contribution in [2.24, 2.45) is 0 Å². The molecule has 1 N–H and O–H groups in total. The molecule has 0 aliphatic rings. The van der Waals surface area contributed by atoms with Gasteiger partial charge in [-0.3, -0.25) is 9.59 Å². The summed E-state index contributed by atoms with van der Waals surface area (Å²) in [6.45, 7) is 2.82. The molecule has 0 aromatic carbocycles. The third-order valence-corrected chi connectivity index (χ3v) is 3.07. The van der Waals surface area contributed by atoms with Crippen molar-refractivity contribution in [3.63, 3.8) is 0 Å². The Balaban J connectivity index is 3.13. The number of Topliss-reactive ketones (excluding diaryl/α,β-unsaturated/α-hetero) is 2. The van der Waals surface area contributed by atoms with Crippen LogP contribution in [0.5, 0.6) is 0 Å². The first kappa shape index (κ1) is 13.5. The normalized spacial score (nSPS) is 11.0. The molecule has 0 fully saturated rings. The second-order valence-corrected chi connectivity index (χ2v) is 4.87. The van der Waals surface area contributed by atoms with Gasteiger partial charge < -0.3 is 9.74 Å². The molecule has 0 aliphatic heterocycles. The minimum Gasteiger partial charge on any atom is -0.427 e. The van der Waals surface area contributed by atoms with Gasteiger partial charge in [0.1, 0.15) is 0 Å². The number of rotatable bonds is 9. The van der Waals surface area contributed by atoms with Crippen molar-refractivity contribution < 1.29 is 14.0 Å². The Bertz CT molecular complexity index is 185. The van der Waals surface area contributed by atoms with Crippen molar-refractivity contribution >= 4 is 21.3 Å². The van der Waals surface area contributed by atoms with Gasteiger partial charge in [-0.1, -0.05) is 0 Å². The quantitative estimate of drug-likeness (QED) is 0.326. The van der Waals surface area contributed by atoms with E-state index in [1.807, 2.05) is 0 Å². The molecule has 0 aromatic heterocycles. The fraction of sp³-hybridized carbons (Fsp3) is 0.778. The lowest BCUT2D eigenvalue weighted by Gasteiger charge is -2.02. The van der Waals surface area contributed by atoms with Crippen LogP contribution in [0.4, 0.5) is 0 Å². The summed E-state index contributed by atoms with van der Waals surface area (Å²) in [5, 5.41) is 3.12. The number of hydrogen-bond donors (Lipinski definition) is 1. The van der Waals surface area contributed by atoms with E-state index in [0.717, 1.165) is 19.0 Å². The van der Waals surface area contributed by atoms with Gasteiger partial charge >= 0.3 is 0 Å². The number of carbonyl (C=O) groups excluding carboxylic acids is 2. The molecule has 0 bridgehead atoms. The molecular weight excluding hydrogens is 198 g/mol. The lowest BCUT2D eigenvalue weighted by Crippen LogP contribution is -2.22. The maximum absolute atomic E-state index is 10.9. The van der Waals surface area contributed by atoms with E-state index in [-0.39, 0.29) is 21.3 Å². The Labute approximate surface area is 87.3 Å². The SMILES string of the molecule is CO[SiH2]CCCNCCC(=O)C(C)=O. The molecule has 0 saturated heterocycles. The molecular formula is C9H19NO3Si. The Hall–Kier alpha value is -0.523. The number of carbonyl (C=O) groups is 2. The van der Waals surface area contributed by atoms with Crippen molar-refractivity contribution in [2.75, 3.05) is 20.2 Å². The van der Waals surface area contributed by atoms with Gasteiger partial charge in [0.2, 0.25) is 0 Å². The molecule has 0 unspecified atom stereocenters. The van der Waals surface area contributed by atoms with Crippen LogP contribution in [-0.4, -0.2) is 41.5 Å². The average Bonchev–Trinajstić information content (AvgIpc) is 2.16. The highest BCUT2D eigenvalue weighted by molar-refractivity contribution is 6.36. The summed E-state index contributed by atoms with van der Waals surface area (Å²) in [4.78, 5) is 21.4. The standard InChI is InChI=1S/C9H19NO3Si/c1-8(11)9(12)4-6-10-5-3-7-14-13-2/h10H,3-7,14H2,1-2H3. The number of hydrogen-bond acceptors (Lipinski definition) is 4. The van der Waals surface area contributed by atoms with Crippen molar-refractivity contribution in [2.45, 2.75) is 25.8 Å². The fourth-order valence-electron chi connectivity index (χ4n) is 0.999. The monoisotopic (exact) mass is 217 g/mol. The van der Waals surface area contributed by atoms with Crippen LogP contribution < -0.4 is 5.32 Å². The summed E-state index contributed by atoms with van der Waals surface area (Å²) < 4.78 is 5.03. The predicted octanol–water partition coefficient (Wildman–Crippen LogP) is -0.337. The molecule has 14 heavy (non-hydrogen) atoms. The largest absolute Gasteiger partial charge is 0.427 e. The minimum absolute atomic E-state index is 0.288. The van der Waals surface area contributed by atoms with E-state index in [2.05, 4.69) is 5.32 Å². The maximum Gasteiger partial charge on any atom is 0.199 e. The summed E-state index contributed by atoms with van der Waals surface area (Å²) in [6.07, 6.45) is 1.41. The lowest BCUT2D eigenvalue weighted by atomic mass is 10.2. The van der Waals surface area contributed by atoms with Gasteiger partial charge in [-0.05, 0) is 19.0 Å². The van der Waals surface area contributed by atoms with E-state index < -0.39 is 0 Å². The van der Waals surface area contributed by atoms with Crippen molar-refractivity contribution in [3.8, 4) is 0 Å². The summed E-state index contributed by atoms with van der Waals surface area (Å²) >= 11 is 0. The number of ketones is 2. The molecule has 4 nitrogen and oxygen atoms in total. The maximum atomic E-state index is 10.9. The third kappa shape index (κ3) is 8.09. The molecule has 0 rings (SSSR count). The summed E-state index contributed by atoms with van der Waals surface area (Å²) in [5.41, 5.74) is 0. The summed E-state index contributed by atoms with van der Waals surface area (Å²) in [7, 11) is 1.44. The molecule has 0 spiro atoms. The zero-order valence-corrected chi connectivity index (χ0v) is 10.4. The first-order valence-corrected chi connectivity index (χ1v) is 6.49. The molecule has 0 aromatic rings. The smallest absolute Gasteiger partial charge is 0.199 e. The van der Waals surface area contributed by atoms with E-state index in [1.54, 1.807) is 7.11 Å². The zero-order chi connectivity index (χ0) is 10.8. The van der Waals surface area contributed by atoms with Gasteiger partial charge in [0.15, 0.2) is 21.3 Å². The highest BCUT2D eigenvalue weighted by atomic mass is 28.2. The molecule has 0 atom stereocenters. The van der Waals surface area contributed by atoms with Crippen LogP contribution in [0, 0.1) is 0 Å². The van der Waals surface area contributed by atoms with Crippen molar-refractivity contribution in [3.05, 3.63) is 0 Å². The van der Waals surface area contributed by atoms with E-state index >= 15 is 0 Å². The van der Waals surface area contributed by atoms with Crippen LogP contribution >= 0.6 is 0 Å². The van der Waals surface area contributed by atoms with Crippen LogP contribution in [0.15, 0.2) is 0 Å². The van der Waals surface area contributed by atoms with Gasteiger partial charge in [-0.15, -0.1) is 0 Å². The molecule has 0 radical (unpaired) electrons. The van der Waals surface area contributed by atoms with Gasteiger partial charge in [-0.2, -0.15) is 0 Å². The number of nitrogens with one attached hydrogen (secondary N) is 1. The molecule has 0 amide bonds. The second-order valence-electron chi connectivity index (χ2n) is 3.18. The van der Waals surface area contributed by atoms with E-state index in [1.165, 1.54) is 6.92 Å². The lowest BCUT2D eigenvalue weighted by molar-refractivity contribution is -0.135. The first-order valence-electron chi connectivity index (χ1n) is 4.92. The summed E-state index contributed by atoms with van der Waals surface area (Å²) in [5.74, 6) is -0.637. The van der Waals surface area contributed by atoms with E-state index in [0.29, 0.717) is 13.0 Å². The third-order valence-electron chi connectivity index (χ3n) is 1.87. The molecule has 0 saturated carbocycles. The Morgan fingerprint density at radius 3 is 2.64 bits per heavy atom. The van der Waals surface area contributed by atoms with Crippen LogP contribution in [0.25, 0.3) is 0 Å². The highest BCUT2D eigenvalue weighted by Gasteiger charge is 2.05. The van der Waals surface area contributed by atoms with E-state index in [9.17, 15) is 9.59 Å². The van der Waals surface area contributed by atoms with Gasteiger partial charge in [0.05, 0.1) is 0 Å². The van der Waals surface area contributed by atoms with Gasteiger partial charge in [0.25, 0.3) is 0 Å². The molecule has 82 valence electrons.